The maximum atomic E-state index is 11.8. The highest BCUT2D eigenvalue weighted by Gasteiger charge is 2.15. The first kappa shape index (κ1) is 16.0. The SMILES string of the molecule is CCOC(=O)c1ccccc1NCC(=O)NC(C)(C)C. The maximum absolute atomic E-state index is 11.8. The molecule has 0 aliphatic rings. The molecule has 2 N–H and O–H groups in total. The molecule has 5 nitrogen and oxygen atoms in total. The molecule has 0 fully saturated rings. The van der Waals surface area contributed by atoms with Gasteiger partial charge in [0.15, 0.2) is 0 Å². The molecule has 0 spiro atoms. The van der Waals surface area contributed by atoms with Crippen LogP contribution in [0.15, 0.2) is 24.3 Å². The third-order valence-corrected chi connectivity index (χ3v) is 2.38. The normalized spacial score (nSPS) is 10.8. The predicted octanol–water partition coefficient (Wildman–Crippen LogP) is 2.19. The van der Waals surface area contributed by atoms with Gasteiger partial charge in [-0.25, -0.2) is 4.79 Å². The molecule has 0 aromatic heterocycles. The van der Waals surface area contributed by atoms with E-state index in [0.717, 1.165) is 0 Å². The summed E-state index contributed by atoms with van der Waals surface area (Å²) in [4.78, 5) is 23.5. The van der Waals surface area contributed by atoms with E-state index in [2.05, 4.69) is 10.6 Å². The van der Waals surface area contributed by atoms with Gasteiger partial charge in [-0.3, -0.25) is 4.79 Å². The van der Waals surface area contributed by atoms with Crippen molar-refractivity contribution in [2.24, 2.45) is 0 Å². The molecule has 1 aromatic carbocycles. The van der Waals surface area contributed by atoms with Gasteiger partial charge in [0.1, 0.15) is 0 Å². The number of benzene rings is 1. The zero-order valence-electron chi connectivity index (χ0n) is 12.4. The van der Waals surface area contributed by atoms with Gasteiger partial charge in [-0.2, -0.15) is 0 Å². The summed E-state index contributed by atoms with van der Waals surface area (Å²) >= 11 is 0. The highest BCUT2D eigenvalue weighted by molar-refractivity contribution is 5.96. The standard InChI is InChI=1S/C15H22N2O3/c1-5-20-14(19)11-8-6-7-9-12(11)16-10-13(18)17-15(2,3)4/h6-9,16H,5,10H2,1-4H3,(H,17,18). The zero-order valence-corrected chi connectivity index (χ0v) is 12.4. The van der Waals surface area contributed by atoms with Crippen LogP contribution in [0.5, 0.6) is 0 Å². The second-order valence-corrected chi connectivity index (χ2v) is 5.42. The van der Waals surface area contributed by atoms with Crippen molar-refractivity contribution in [3.8, 4) is 0 Å². The Hall–Kier alpha value is -2.04. The van der Waals surface area contributed by atoms with Crippen LogP contribution in [0, 0.1) is 0 Å². The average Bonchev–Trinajstić information content (AvgIpc) is 2.35. The molecule has 20 heavy (non-hydrogen) atoms. The Balaban J connectivity index is 2.69. The Morgan fingerprint density at radius 2 is 1.85 bits per heavy atom. The molecule has 0 bridgehead atoms. The van der Waals surface area contributed by atoms with Crippen LogP contribution in [-0.4, -0.2) is 30.6 Å². The van der Waals surface area contributed by atoms with Crippen molar-refractivity contribution < 1.29 is 14.3 Å². The second kappa shape index (κ2) is 6.93. The van der Waals surface area contributed by atoms with Crippen molar-refractivity contribution >= 4 is 17.6 Å². The summed E-state index contributed by atoms with van der Waals surface area (Å²) in [6.45, 7) is 7.92. The first-order valence-corrected chi connectivity index (χ1v) is 6.64. The van der Waals surface area contributed by atoms with E-state index in [-0.39, 0.29) is 18.0 Å². The molecule has 0 heterocycles. The largest absolute Gasteiger partial charge is 0.462 e. The van der Waals surface area contributed by atoms with E-state index < -0.39 is 5.97 Å². The van der Waals surface area contributed by atoms with Crippen LogP contribution < -0.4 is 10.6 Å². The van der Waals surface area contributed by atoms with Crippen LogP contribution in [0.1, 0.15) is 38.1 Å². The van der Waals surface area contributed by atoms with E-state index in [9.17, 15) is 9.59 Å². The molecular weight excluding hydrogens is 256 g/mol. The lowest BCUT2D eigenvalue weighted by molar-refractivity contribution is -0.120. The van der Waals surface area contributed by atoms with Crippen molar-refractivity contribution in [3.63, 3.8) is 0 Å². The monoisotopic (exact) mass is 278 g/mol. The second-order valence-electron chi connectivity index (χ2n) is 5.42. The minimum absolute atomic E-state index is 0.105. The van der Waals surface area contributed by atoms with Crippen LogP contribution in [0.4, 0.5) is 5.69 Å². The highest BCUT2D eigenvalue weighted by atomic mass is 16.5. The molecule has 0 aliphatic carbocycles. The molecule has 110 valence electrons. The van der Waals surface area contributed by atoms with E-state index in [1.54, 1.807) is 31.2 Å². The van der Waals surface area contributed by atoms with E-state index in [1.807, 2.05) is 20.8 Å². The number of esters is 1. The van der Waals surface area contributed by atoms with Gasteiger partial charge in [0.25, 0.3) is 0 Å². The van der Waals surface area contributed by atoms with E-state index >= 15 is 0 Å². The predicted molar refractivity (Wildman–Crippen MR) is 78.8 cm³/mol. The number of hydrogen-bond donors (Lipinski definition) is 2. The number of para-hydroxylation sites is 1. The number of amides is 1. The summed E-state index contributed by atoms with van der Waals surface area (Å²) in [7, 11) is 0. The third kappa shape index (κ3) is 5.30. The molecule has 1 aromatic rings. The minimum Gasteiger partial charge on any atom is -0.462 e. The number of anilines is 1. The Labute approximate surface area is 119 Å². The molecule has 0 saturated heterocycles. The number of hydrogen-bond acceptors (Lipinski definition) is 4. The molecule has 1 rings (SSSR count). The van der Waals surface area contributed by atoms with E-state index in [1.165, 1.54) is 0 Å². The number of nitrogens with one attached hydrogen (secondary N) is 2. The molecule has 0 unspecified atom stereocenters. The Morgan fingerprint density at radius 3 is 2.45 bits per heavy atom. The lowest BCUT2D eigenvalue weighted by Gasteiger charge is -2.21. The van der Waals surface area contributed by atoms with Crippen molar-refractivity contribution in [3.05, 3.63) is 29.8 Å². The first-order chi connectivity index (χ1) is 9.33. The highest BCUT2D eigenvalue weighted by Crippen LogP contribution is 2.15. The first-order valence-electron chi connectivity index (χ1n) is 6.64. The fourth-order valence-corrected chi connectivity index (χ4v) is 1.66. The van der Waals surface area contributed by atoms with Gasteiger partial charge in [-0.1, -0.05) is 12.1 Å². The number of carbonyl (C=O) groups excluding carboxylic acids is 2. The van der Waals surface area contributed by atoms with Crippen molar-refractivity contribution in [1.82, 2.24) is 5.32 Å². The van der Waals surface area contributed by atoms with Crippen LogP contribution in [0.3, 0.4) is 0 Å². The summed E-state index contributed by atoms with van der Waals surface area (Å²) in [5.41, 5.74) is 0.743. The molecule has 0 radical (unpaired) electrons. The topological polar surface area (TPSA) is 67.4 Å². The van der Waals surface area contributed by atoms with Gasteiger partial charge in [-0.15, -0.1) is 0 Å². The molecule has 0 atom stereocenters. The van der Waals surface area contributed by atoms with Crippen molar-refractivity contribution in [1.29, 1.82) is 0 Å². The van der Waals surface area contributed by atoms with Crippen LogP contribution in [0.25, 0.3) is 0 Å². The Morgan fingerprint density at radius 1 is 1.20 bits per heavy atom. The third-order valence-electron chi connectivity index (χ3n) is 2.38. The summed E-state index contributed by atoms with van der Waals surface area (Å²) in [6.07, 6.45) is 0. The molecule has 1 amide bonds. The van der Waals surface area contributed by atoms with Crippen molar-refractivity contribution in [2.75, 3.05) is 18.5 Å². The van der Waals surface area contributed by atoms with Gasteiger partial charge in [-0.05, 0) is 39.8 Å². The molecule has 5 heteroatoms. The van der Waals surface area contributed by atoms with Gasteiger partial charge < -0.3 is 15.4 Å². The maximum Gasteiger partial charge on any atom is 0.340 e. The summed E-state index contributed by atoms with van der Waals surface area (Å²) in [6, 6.07) is 6.97. The average molecular weight is 278 g/mol. The molecular formula is C15H22N2O3. The molecule has 0 aliphatic heterocycles. The Bertz CT molecular complexity index is 478. The van der Waals surface area contributed by atoms with Crippen molar-refractivity contribution in [2.45, 2.75) is 33.2 Å². The Kier molecular flexibility index (Phi) is 5.55. The summed E-state index contributed by atoms with van der Waals surface area (Å²) in [5, 5.41) is 5.81. The fraction of sp³-hybridized carbons (Fsp3) is 0.467. The van der Waals surface area contributed by atoms with Crippen LogP contribution >= 0.6 is 0 Å². The van der Waals surface area contributed by atoms with Crippen LogP contribution in [-0.2, 0) is 9.53 Å². The van der Waals surface area contributed by atoms with E-state index in [0.29, 0.717) is 17.9 Å². The lowest BCUT2D eigenvalue weighted by Crippen LogP contribution is -2.43. The quantitative estimate of drug-likeness (QED) is 0.810. The van der Waals surface area contributed by atoms with Crippen LogP contribution in [0.2, 0.25) is 0 Å². The lowest BCUT2D eigenvalue weighted by atomic mass is 10.1. The van der Waals surface area contributed by atoms with Gasteiger partial charge >= 0.3 is 5.97 Å². The number of ether oxygens (including phenoxy) is 1. The summed E-state index contributed by atoms with van der Waals surface area (Å²) < 4.78 is 4.98. The number of rotatable bonds is 5. The van der Waals surface area contributed by atoms with Gasteiger partial charge in [0.2, 0.25) is 5.91 Å². The number of carbonyl (C=O) groups is 2. The summed E-state index contributed by atoms with van der Waals surface area (Å²) in [5.74, 6) is -0.525. The van der Waals surface area contributed by atoms with Gasteiger partial charge in [0.05, 0.1) is 18.7 Å². The zero-order chi connectivity index (χ0) is 15.2. The molecule has 0 saturated carbocycles. The fourth-order valence-electron chi connectivity index (χ4n) is 1.66. The van der Waals surface area contributed by atoms with Gasteiger partial charge in [0, 0.05) is 11.2 Å². The smallest absolute Gasteiger partial charge is 0.340 e. The van der Waals surface area contributed by atoms with E-state index in [4.69, 9.17) is 4.74 Å². The minimum atomic E-state index is -0.396.